The molecule has 0 saturated carbocycles. The fourth-order valence-corrected chi connectivity index (χ4v) is 0. The van der Waals surface area contributed by atoms with Gasteiger partial charge in [0, 0.05) is 0 Å². The Kier molecular flexibility index (Phi) is 1360. The van der Waals surface area contributed by atoms with Gasteiger partial charge in [0.2, 0.25) is 0 Å². The van der Waals surface area contributed by atoms with Gasteiger partial charge in [-0.25, -0.2) is 0 Å². The molecule has 0 bridgehead atoms. The Labute approximate surface area is 65.0 Å². The molecule has 0 aliphatic heterocycles. The number of nitrogens with one attached hydrogen (secondary N) is 4. The van der Waals surface area contributed by atoms with Crippen molar-refractivity contribution in [3.05, 3.63) is 22.1 Å². The zero-order valence-electron chi connectivity index (χ0n) is 4.17. The Hall–Kier alpha value is -0.951. The van der Waals surface area contributed by atoms with Crippen LogP contribution in [0.4, 0.5) is 0 Å². The summed E-state index contributed by atoms with van der Waals surface area (Å²) in [6.45, 7) is 0. The summed E-state index contributed by atoms with van der Waals surface area (Å²) >= 11 is 0. The first-order valence-electron chi connectivity index (χ1n) is 0.894. The van der Waals surface area contributed by atoms with Gasteiger partial charge in [0.15, 0.2) is 0 Å². The molecular formula is H4N8Tc. The van der Waals surface area contributed by atoms with Crippen molar-refractivity contribution in [1.29, 1.82) is 22.1 Å². The van der Waals surface area contributed by atoms with E-state index in [0.717, 1.165) is 0 Å². The molecule has 0 rings (SSSR count). The van der Waals surface area contributed by atoms with Crippen LogP contribution in [-0.2, 0) is 20.1 Å². The zero-order valence-corrected chi connectivity index (χ0v) is 6.02. The van der Waals surface area contributed by atoms with Crippen molar-refractivity contribution < 1.29 is 20.1 Å². The van der Waals surface area contributed by atoms with E-state index in [9.17, 15) is 0 Å². The maximum absolute atomic E-state index is 6.25. The summed E-state index contributed by atoms with van der Waals surface area (Å²) in [5.41, 5.74) is 44.0. The second-order valence-corrected chi connectivity index (χ2v) is 0. The van der Waals surface area contributed by atoms with E-state index in [1.807, 2.05) is 0 Å². The summed E-state index contributed by atoms with van der Waals surface area (Å²) < 4.78 is 0. The van der Waals surface area contributed by atoms with Gasteiger partial charge < -0.3 is 44.2 Å². The second kappa shape index (κ2) is 285. The zero-order chi connectivity index (χ0) is 8.00. The van der Waals surface area contributed by atoms with Crippen molar-refractivity contribution in [2.24, 2.45) is 0 Å². The van der Waals surface area contributed by atoms with E-state index in [4.69, 9.17) is 44.2 Å². The Morgan fingerprint density at radius 2 is 0.444 bits per heavy atom. The van der Waals surface area contributed by atoms with Crippen LogP contribution >= 0.6 is 0 Å². The van der Waals surface area contributed by atoms with E-state index in [0.29, 0.717) is 0 Å². The first-order chi connectivity index (χ1) is 4.00. The molecule has 0 fully saturated rings. The van der Waals surface area contributed by atoms with Gasteiger partial charge in [-0.15, -0.1) is 0 Å². The van der Waals surface area contributed by atoms with Gasteiger partial charge >= 0.3 is 20.1 Å². The maximum Gasteiger partial charge on any atom is 4.00 e. The van der Waals surface area contributed by atoms with Gasteiger partial charge in [-0.2, -0.15) is 0 Å². The van der Waals surface area contributed by atoms with Gasteiger partial charge in [0.1, 0.15) is 0 Å². The predicted molar refractivity (Wildman–Crippen MR) is 24.3 cm³/mol. The molecule has 0 unspecified atom stereocenters. The number of hydrogen-bond acceptors (Lipinski definition) is 4. The summed E-state index contributed by atoms with van der Waals surface area (Å²) in [4.78, 5) is 0. The fourth-order valence-electron chi connectivity index (χ4n) is 0. The van der Waals surface area contributed by atoms with Crippen molar-refractivity contribution >= 4 is 0 Å². The molecule has 0 aromatic heterocycles. The van der Waals surface area contributed by atoms with E-state index >= 15 is 0 Å². The monoisotopic (exact) mass is 213 g/mol. The molecule has 0 aliphatic rings. The van der Waals surface area contributed by atoms with Crippen LogP contribution in [0, 0.1) is 22.1 Å². The van der Waals surface area contributed by atoms with Crippen LogP contribution in [0.3, 0.4) is 0 Å². The molecular weight excluding hydrogens is 210 g/mol. The van der Waals surface area contributed by atoms with Crippen LogP contribution in [0.25, 0.3) is 22.1 Å². The van der Waals surface area contributed by atoms with Gasteiger partial charge in [-0.1, -0.05) is 0 Å². The van der Waals surface area contributed by atoms with Crippen LogP contribution in [0.2, 0.25) is 0 Å². The van der Waals surface area contributed by atoms with E-state index < -0.39 is 0 Å². The molecule has 8 nitrogen and oxygen atoms in total. The first kappa shape index (κ1) is 43.0. The molecule has 1 radical (unpaired) electrons. The topological polar surface area (TPSA) is 185 Å². The Bertz CT molecular complexity index is 12.5. The van der Waals surface area contributed by atoms with Crippen LogP contribution in [0.5, 0.6) is 0 Å². The third-order valence-electron chi connectivity index (χ3n) is 0. The summed E-state index contributed by atoms with van der Waals surface area (Å²) in [7, 11) is 0. The van der Waals surface area contributed by atoms with Crippen molar-refractivity contribution in [2.75, 3.05) is 0 Å². The van der Waals surface area contributed by atoms with Crippen molar-refractivity contribution in [3.8, 4) is 0 Å². The van der Waals surface area contributed by atoms with Crippen molar-refractivity contribution in [3.63, 3.8) is 0 Å². The largest absolute Gasteiger partial charge is 4.00 e. The summed E-state index contributed by atoms with van der Waals surface area (Å²) in [5.74, 6) is 0. The smallest absolute Gasteiger partial charge is 0.715 e. The van der Waals surface area contributed by atoms with E-state index in [1.54, 1.807) is 0 Å². The maximum atomic E-state index is 6.25. The quantitative estimate of drug-likeness (QED) is 0.431. The van der Waals surface area contributed by atoms with Crippen LogP contribution in [0.15, 0.2) is 0 Å². The summed E-state index contributed by atoms with van der Waals surface area (Å²) in [6, 6.07) is 0. The first-order valence-corrected chi connectivity index (χ1v) is 0.894. The molecule has 0 atom stereocenters. The Morgan fingerprint density at radius 3 is 0.444 bits per heavy atom. The van der Waals surface area contributed by atoms with Gasteiger partial charge in [0.05, 0.1) is 0 Å². The molecule has 0 amide bonds. The van der Waals surface area contributed by atoms with Crippen molar-refractivity contribution in [2.45, 2.75) is 0 Å². The Morgan fingerprint density at radius 1 is 0.444 bits per heavy atom. The third-order valence-corrected chi connectivity index (χ3v) is 0. The molecule has 0 spiro atoms. The summed E-state index contributed by atoms with van der Waals surface area (Å²) in [5, 5.41) is 0. The normalized spacial score (nSPS) is 1.78. The van der Waals surface area contributed by atoms with Crippen LogP contribution < -0.4 is 0 Å². The van der Waals surface area contributed by atoms with E-state index in [1.165, 1.54) is 0 Å². The van der Waals surface area contributed by atoms with Gasteiger partial charge in [0.25, 0.3) is 0 Å². The van der Waals surface area contributed by atoms with Crippen molar-refractivity contribution in [1.82, 2.24) is 0 Å². The molecule has 0 saturated heterocycles. The van der Waals surface area contributed by atoms with Crippen LogP contribution in [0.1, 0.15) is 0 Å². The molecule has 9 heavy (non-hydrogen) atoms. The molecule has 0 heterocycles. The Balaban J connectivity index is -0.00000000762. The molecule has 0 aromatic carbocycles. The standard InChI is InChI=1S/4HN2.Tc/c4*1-2;/h4*1H;/q4*-1;+4. The number of rotatable bonds is 0. The molecule has 51 valence electrons. The minimum absolute atomic E-state index is 0. The third kappa shape index (κ3) is 199. The average Bonchev–Trinajstić information content (AvgIpc) is 2.03. The molecule has 0 aromatic rings. The van der Waals surface area contributed by atoms with Gasteiger partial charge in [-0.05, 0) is 0 Å². The summed E-state index contributed by atoms with van der Waals surface area (Å²) in [6.07, 6.45) is 0. The minimum atomic E-state index is 0. The fraction of sp³-hybridized carbons (Fsp3) is 0. The molecule has 0 aliphatic carbocycles. The minimum Gasteiger partial charge on any atom is -0.715 e. The predicted octanol–water partition coefficient (Wildman–Crippen LogP) is 2.34. The van der Waals surface area contributed by atoms with Crippen LogP contribution in [-0.4, -0.2) is 0 Å². The molecule has 4 N–H and O–H groups in total. The van der Waals surface area contributed by atoms with Gasteiger partial charge in [-0.3, -0.25) is 0 Å². The second-order valence-electron chi connectivity index (χ2n) is 0. The number of nitrogens with zero attached hydrogens (tertiary/aromatic N) is 4. The SMILES string of the molecule is [N-]=N.[N-]=N.[N-]=N.[N-]=N.[Tc+4]. The molecule has 9 heteroatoms. The van der Waals surface area contributed by atoms with E-state index in [-0.39, 0.29) is 20.1 Å². The number of hydrogen-bond donors (Lipinski definition) is 4. The average molecular weight is 214 g/mol. The van der Waals surface area contributed by atoms with E-state index in [2.05, 4.69) is 0 Å².